The van der Waals surface area contributed by atoms with Crippen molar-refractivity contribution in [3.05, 3.63) is 59.7 Å². The predicted octanol–water partition coefficient (Wildman–Crippen LogP) is 3.01. The third-order valence-electron chi connectivity index (χ3n) is 3.37. The number of rotatable bonds is 4. The van der Waals surface area contributed by atoms with E-state index in [0.717, 1.165) is 16.6 Å². The lowest BCUT2D eigenvalue weighted by Gasteiger charge is -2.02. The molecule has 1 amide bonds. The van der Waals surface area contributed by atoms with Gasteiger partial charge in [-0.25, -0.2) is 4.98 Å². The molecule has 2 aromatic carbocycles. The minimum absolute atomic E-state index is 0.0941. The van der Waals surface area contributed by atoms with E-state index in [-0.39, 0.29) is 5.91 Å². The average Bonchev–Trinajstić information content (AvgIpc) is 2.95. The number of imidazole rings is 1. The van der Waals surface area contributed by atoms with Crippen LogP contribution in [0.5, 0.6) is 0 Å². The normalized spacial score (nSPS) is 10.3. The summed E-state index contributed by atoms with van der Waals surface area (Å²) in [5.74, 6) is 0.370. The number of fused-ring (bicyclic) bond motifs is 1. The number of carbonyl (C=O) groups excluding carboxylic acids is 1. The average molecular weight is 290 g/mol. The standard InChI is InChI=1S/C17H14N4O/c18-11-13-7-5-12(6-8-13)9-10-16(22)21-17-19-14-3-1-2-4-15(14)20-17/h1-8H,9-10H2,(H2,19,20,21,22). The second-order valence-electron chi connectivity index (χ2n) is 4.96. The molecule has 0 saturated carbocycles. The Morgan fingerprint density at radius 1 is 1.18 bits per heavy atom. The first-order valence-electron chi connectivity index (χ1n) is 6.98. The molecule has 108 valence electrons. The second-order valence-corrected chi connectivity index (χ2v) is 4.96. The van der Waals surface area contributed by atoms with Crippen LogP contribution in [0.2, 0.25) is 0 Å². The van der Waals surface area contributed by atoms with Crippen LogP contribution in [-0.2, 0) is 11.2 Å². The van der Waals surface area contributed by atoms with Gasteiger partial charge in [-0.05, 0) is 36.2 Å². The van der Waals surface area contributed by atoms with Crippen LogP contribution in [-0.4, -0.2) is 15.9 Å². The van der Waals surface area contributed by atoms with E-state index in [4.69, 9.17) is 5.26 Å². The van der Waals surface area contributed by atoms with Gasteiger partial charge in [-0.1, -0.05) is 24.3 Å². The van der Waals surface area contributed by atoms with E-state index in [2.05, 4.69) is 21.4 Å². The Balaban J connectivity index is 1.58. The van der Waals surface area contributed by atoms with Gasteiger partial charge in [0.15, 0.2) is 0 Å². The molecule has 0 aliphatic carbocycles. The van der Waals surface area contributed by atoms with Crippen molar-refractivity contribution >= 4 is 22.9 Å². The number of hydrogen-bond acceptors (Lipinski definition) is 3. The number of aromatic amines is 1. The van der Waals surface area contributed by atoms with Gasteiger partial charge in [0.1, 0.15) is 0 Å². The summed E-state index contributed by atoms with van der Waals surface area (Å²) in [6.07, 6.45) is 0.987. The van der Waals surface area contributed by atoms with Gasteiger partial charge in [0.25, 0.3) is 0 Å². The first-order chi connectivity index (χ1) is 10.7. The smallest absolute Gasteiger partial charge is 0.227 e. The van der Waals surface area contributed by atoms with Crippen molar-refractivity contribution in [3.8, 4) is 6.07 Å². The van der Waals surface area contributed by atoms with Crippen molar-refractivity contribution < 1.29 is 4.79 Å². The maximum absolute atomic E-state index is 12.0. The van der Waals surface area contributed by atoms with Crippen LogP contribution in [0.15, 0.2) is 48.5 Å². The Labute approximate surface area is 127 Å². The van der Waals surface area contributed by atoms with Crippen LogP contribution in [0, 0.1) is 11.3 Å². The Morgan fingerprint density at radius 3 is 2.68 bits per heavy atom. The van der Waals surface area contributed by atoms with Crippen LogP contribution in [0.1, 0.15) is 17.5 Å². The van der Waals surface area contributed by atoms with Gasteiger partial charge >= 0.3 is 0 Å². The maximum Gasteiger partial charge on any atom is 0.227 e. The van der Waals surface area contributed by atoms with Gasteiger partial charge in [0.2, 0.25) is 11.9 Å². The summed E-state index contributed by atoms with van der Waals surface area (Å²) in [7, 11) is 0. The zero-order valence-corrected chi connectivity index (χ0v) is 11.8. The lowest BCUT2D eigenvalue weighted by molar-refractivity contribution is -0.116. The van der Waals surface area contributed by atoms with Crippen molar-refractivity contribution in [2.24, 2.45) is 0 Å². The number of nitrogens with zero attached hydrogens (tertiary/aromatic N) is 2. The van der Waals surface area contributed by atoms with Crippen LogP contribution in [0.3, 0.4) is 0 Å². The molecule has 2 N–H and O–H groups in total. The lowest BCUT2D eigenvalue weighted by atomic mass is 10.1. The summed E-state index contributed by atoms with van der Waals surface area (Å²) in [5.41, 5.74) is 3.36. The molecule has 0 saturated heterocycles. The molecule has 0 unspecified atom stereocenters. The summed E-state index contributed by atoms with van der Waals surface area (Å²) in [5, 5.41) is 11.5. The number of aryl methyl sites for hydroxylation is 1. The largest absolute Gasteiger partial charge is 0.324 e. The molecule has 0 aliphatic rings. The highest BCUT2D eigenvalue weighted by Crippen LogP contribution is 2.13. The van der Waals surface area contributed by atoms with Gasteiger partial charge in [-0.15, -0.1) is 0 Å². The van der Waals surface area contributed by atoms with E-state index >= 15 is 0 Å². The minimum atomic E-state index is -0.0941. The third-order valence-corrected chi connectivity index (χ3v) is 3.37. The topological polar surface area (TPSA) is 81.6 Å². The SMILES string of the molecule is N#Cc1ccc(CCC(=O)Nc2nc3ccccc3[nH]2)cc1. The quantitative estimate of drug-likeness (QED) is 0.775. The zero-order chi connectivity index (χ0) is 15.4. The van der Waals surface area contributed by atoms with Gasteiger partial charge < -0.3 is 4.98 Å². The molecular weight excluding hydrogens is 276 g/mol. The number of nitriles is 1. The Kier molecular flexibility index (Phi) is 3.84. The number of hydrogen-bond donors (Lipinski definition) is 2. The number of aromatic nitrogens is 2. The Bertz CT molecular complexity index is 810. The van der Waals surface area contributed by atoms with Crippen LogP contribution >= 0.6 is 0 Å². The number of carbonyl (C=O) groups is 1. The number of amides is 1. The van der Waals surface area contributed by atoms with Crippen molar-refractivity contribution in [1.82, 2.24) is 9.97 Å². The molecule has 1 aromatic heterocycles. The van der Waals surface area contributed by atoms with Crippen molar-refractivity contribution in [1.29, 1.82) is 5.26 Å². The third kappa shape index (κ3) is 3.13. The van der Waals surface area contributed by atoms with Crippen molar-refractivity contribution in [3.63, 3.8) is 0 Å². The number of benzene rings is 2. The lowest BCUT2D eigenvalue weighted by Crippen LogP contribution is -2.13. The monoisotopic (exact) mass is 290 g/mol. The highest BCUT2D eigenvalue weighted by molar-refractivity contribution is 5.91. The molecular formula is C17H14N4O. The fraction of sp³-hybridized carbons (Fsp3) is 0.118. The summed E-state index contributed by atoms with van der Waals surface area (Å²) in [6, 6.07) is 16.9. The number of H-pyrrole nitrogens is 1. The second kappa shape index (κ2) is 6.10. The molecule has 0 bridgehead atoms. The Morgan fingerprint density at radius 2 is 1.95 bits per heavy atom. The van der Waals surface area contributed by atoms with Gasteiger partial charge in [0.05, 0.1) is 22.7 Å². The fourth-order valence-corrected chi connectivity index (χ4v) is 2.21. The van der Waals surface area contributed by atoms with Gasteiger partial charge in [-0.3, -0.25) is 10.1 Å². The predicted molar refractivity (Wildman–Crippen MR) is 84.2 cm³/mol. The highest BCUT2D eigenvalue weighted by atomic mass is 16.1. The summed E-state index contributed by atoms with van der Waals surface area (Å²) in [4.78, 5) is 19.3. The molecule has 0 radical (unpaired) electrons. The number of anilines is 1. The van der Waals surface area contributed by atoms with E-state index < -0.39 is 0 Å². The first-order valence-corrected chi connectivity index (χ1v) is 6.98. The van der Waals surface area contributed by atoms with Crippen molar-refractivity contribution in [2.75, 3.05) is 5.32 Å². The molecule has 3 aromatic rings. The minimum Gasteiger partial charge on any atom is -0.324 e. The van der Waals surface area contributed by atoms with Crippen LogP contribution in [0.25, 0.3) is 11.0 Å². The van der Waals surface area contributed by atoms with E-state index in [9.17, 15) is 4.79 Å². The van der Waals surface area contributed by atoms with Crippen LogP contribution < -0.4 is 5.32 Å². The fourth-order valence-electron chi connectivity index (χ4n) is 2.21. The molecule has 0 aliphatic heterocycles. The van der Waals surface area contributed by atoms with Gasteiger partial charge in [-0.2, -0.15) is 5.26 Å². The number of para-hydroxylation sites is 2. The van der Waals surface area contributed by atoms with Crippen LogP contribution in [0.4, 0.5) is 5.95 Å². The molecule has 5 heteroatoms. The number of nitrogens with one attached hydrogen (secondary N) is 2. The molecule has 5 nitrogen and oxygen atoms in total. The molecule has 3 rings (SSSR count). The first kappa shape index (κ1) is 13.8. The van der Waals surface area contributed by atoms with E-state index in [0.29, 0.717) is 24.4 Å². The van der Waals surface area contributed by atoms with E-state index in [1.165, 1.54) is 0 Å². The molecule has 1 heterocycles. The Hall–Kier alpha value is -3.13. The zero-order valence-electron chi connectivity index (χ0n) is 11.8. The molecule has 22 heavy (non-hydrogen) atoms. The van der Waals surface area contributed by atoms with Gasteiger partial charge in [0, 0.05) is 6.42 Å². The summed E-state index contributed by atoms with van der Waals surface area (Å²) >= 11 is 0. The molecule has 0 spiro atoms. The van der Waals surface area contributed by atoms with E-state index in [1.54, 1.807) is 12.1 Å². The molecule has 0 atom stereocenters. The van der Waals surface area contributed by atoms with E-state index in [1.807, 2.05) is 36.4 Å². The molecule has 0 fully saturated rings. The van der Waals surface area contributed by atoms with Crippen molar-refractivity contribution in [2.45, 2.75) is 12.8 Å². The summed E-state index contributed by atoms with van der Waals surface area (Å²) < 4.78 is 0. The summed E-state index contributed by atoms with van der Waals surface area (Å²) in [6.45, 7) is 0. The maximum atomic E-state index is 12.0. The highest BCUT2D eigenvalue weighted by Gasteiger charge is 2.07.